The van der Waals surface area contributed by atoms with Gasteiger partial charge in [0.15, 0.2) is 0 Å². The molecule has 1 amide bonds. The number of rotatable bonds is 5. The molecule has 0 saturated carbocycles. The highest BCUT2D eigenvalue weighted by atomic mass is 16.2. The Balaban J connectivity index is 1.25. The maximum atomic E-state index is 13.1. The number of hydrogen-bond acceptors (Lipinski definition) is 4. The van der Waals surface area contributed by atoms with E-state index >= 15 is 0 Å². The Morgan fingerprint density at radius 1 is 0.909 bits per heavy atom. The highest BCUT2D eigenvalue weighted by Gasteiger charge is 2.25. The fourth-order valence-corrected chi connectivity index (χ4v) is 4.34. The molecule has 0 radical (unpaired) electrons. The zero-order valence-electron chi connectivity index (χ0n) is 18.2. The minimum absolute atomic E-state index is 0.134. The smallest absolute Gasteiger partial charge is 0.274 e. The van der Waals surface area contributed by atoms with E-state index in [4.69, 9.17) is 0 Å². The second kappa shape index (κ2) is 9.24. The molecule has 3 heterocycles. The third kappa shape index (κ3) is 4.48. The van der Waals surface area contributed by atoms with Crippen LogP contribution in [0.2, 0.25) is 0 Å². The van der Waals surface area contributed by atoms with Gasteiger partial charge in [0.2, 0.25) is 0 Å². The third-order valence-corrected chi connectivity index (χ3v) is 6.12. The zero-order chi connectivity index (χ0) is 22.6. The van der Waals surface area contributed by atoms with Gasteiger partial charge in [-0.15, -0.1) is 0 Å². The Morgan fingerprint density at radius 3 is 2.33 bits per heavy atom. The van der Waals surface area contributed by atoms with Gasteiger partial charge in [-0.25, -0.2) is 4.98 Å². The predicted molar refractivity (Wildman–Crippen MR) is 126 cm³/mol. The number of piperidine rings is 1. The Morgan fingerprint density at radius 2 is 1.61 bits per heavy atom. The lowest BCUT2D eigenvalue weighted by molar-refractivity contribution is 0.0675. The molecule has 0 atom stereocenters. The molecule has 1 fully saturated rings. The number of likely N-dealkylation sites (tertiary alicyclic amines) is 1. The summed E-state index contributed by atoms with van der Waals surface area (Å²) in [4.78, 5) is 31.7. The van der Waals surface area contributed by atoms with Crippen molar-refractivity contribution in [3.63, 3.8) is 0 Å². The number of para-hydroxylation sites is 1. The van der Waals surface area contributed by atoms with Crippen LogP contribution in [-0.4, -0.2) is 43.2 Å². The second-order valence-electron chi connectivity index (χ2n) is 8.31. The van der Waals surface area contributed by atoms with Crippen molar-refractivity contribution in [3.8, 4) is 17.1 Å². The molecule has 0 unspecified atom stereocenters. The van der Waals surface area contributed by atoms with Crippen molar-refractivity contribution in [2.75, 3.05) is 13.1 Å². The minimum Gasteiger partial charge on any atom is -0.337 e. The van der Waals surface area contributed by atoms with E-state index in [1.807, 2.05) is 53.7 Å². The molecular weight excluding hydrogens is 414 g/mol. The average Bonchev–Trinajstić information content (AvgIpc) is 3.33. The van der Waals surface area contributed by atoms with Crippen molar-refractivity contribution in [2.45, 2.75) is 19.4 Å². The molecule has 2 aromatic carbocycles. The van der Waals surface area contributed by atoms with Gasteiger partial charge in [-0.1, -0.05) is 48.5 Å². The monoisotopic (exact) mass is 439 g/mol. The van der Waals surface area contributed by atoms with Gasteiger partial charge in [0.05, 0.1) is 5.69 Å². The van der Waals surface area contributed by atoms with Gasteiger partial charge in [-0.05, 0) is 37.0 Å². The van der Waals surface area contributed by atoms with Crippen LogP contribution in [0.4, 0.5) is 0 Å². The number of nitrogens with zero attached hydrogens (tertiary/aromatic N) is 5. The summed E-state index contributed by atoms with van der Waals surface area (Å²) in [5, 5.41) is 4.34. The SMILES string of the molecule is O=C(c1ccc(=O)n(-c2ccccc2)n1)N1CCC(Cn2ccnc2-c2ccccc2)CC1. The van der Waals surface area contributed by atoms with Crippen LogP contribution in [0.5, 0.6) is 0 Å². The van der Waals surface area contributed by atoms with Gasteiger partial charge in [0.25, 0.3) is 11.5 Å². The van der Waals surface area contributed by atoms with Crippen molar-refractivity contribution in [1.29, 1.82) is 0 Å². The summed E-state index contributed by atoms with van der Waals surface area (Å²) in [5.74, 6) is 1.31. The number of amides is 1. The predicted octanol–water partition coefficient (Wildman–Crippen LogP) is 3.65. The fraction of sp³-hybridized carbons (Fsp3) is 0.231. The summed E-state index contributed by atoms with van der Waals surface area (Å²) in [5.41, 5.74) is 1.78. The Kier molecular flexibility index (Phi) is 5.85. The summed E-state index contributed by atoms with van der Waals surface area (Å²) in [7, 11) is 0. The first-order valence-electron chi connectivity index (χ1n) is 11.2. The number of aromatic nitrogens is 4. The second-order valence-corrected chi connectivity index (χ2v) is 8.31. The molecule has 0 bridgehead atoms. The van der Waals surface area contributed by atoms with Crippen molar-refractivity contribution < 1.29 is 4.79 Å². The fourth-order valence-electron chi connectivity index (χ4n) is 4.34. The Hall–Kier alpha value is -4.00. The number of imidazole rings is 1. The van der Waals surface area contributed by atoms with Crippen LogP contribution in [0.15, 0.2) is 90.0 Å². The standard InChI is InChI=1S/C26H25N5O2/c32-24-12-11-23(28-31(24)22-9-5-2-6-10-22)26(33)29-16-13-20(14-17-29)19-30-18-15-27-25(30)21-7-3-1-4-8-21/h1-12,15,18,20H,13-14,16-17,19H2. The van der Waals surface area contributed by atoms with E-state index in [-0.39, 0.29) is 17.2 Å². The molecule has 5 rings (SSSR count). The lowest BCUT2D eigenvalue weighted by atomic mass is 9.96. The van der Waals surface area contributed by atoms with E-state index < -0.39 is 0 Å². The molecule has 1 saturated heterocycles. The molecule has 166 valence electrons. The minimum atomic E-state index is -0.258. The van der Waals surface area contributed by atoms with Crippen molar-refractivity contribution >= 4 is 5.91 Å². The average molecular weight is 440 g/mol. The van der Waals surface area contributed by atoms with E-state index in [0.717, 1.165) is 30.8 Å². The summed E-state index contributed by atoms with van der Waals surface area (Å²) in [6.07, 6.45) is 5.69. The quantitative estimate of drug-likeness (QED) is 0.476. The van der Waals surface area contributed by atoms with Crippen LogP contribution in [0.25, 0.3) is 17.1 Å². The summed E-state index contributed by atoms with van der Waals surface area (Å²) in [6.45, 7) is 2.22. The number of benzene rings is 2. The third-order valence-electron chi connectivity index (χ3n) is 6.12. The molecule has 4 aromatic rings. The molecule has 2 aromatic heterocycles. The molecule has 7 nitrogen and oxygen atoms in total. The molecule has 1 aliphatic heterocycles. The summed E-state index contributed by atoms with van der Waals surface area (Å²) >= 11 is 0. The van der Waals surface area contributed by atoms with E-state index in [1.54, 1.807) is 12.1 Å². The topological polar surface area (TPSA) is 73.0 Å². The van der Waals surface area contributed by atoms with Crippen molar-refractivity contribution in [1.82, 2.24) is 24.2 Å². The van der Waals surface area contributed by atoms with E-state index in [9.17, 15) is 9.59 Å². The maximum Gasteiger partial charge on any atom is 0.274 e. The van der Waals surface area contributed by atoms with Crippen molar-refractivity contribution in [3.05, 3.63) is 101 Å². The van der Waals surface area contributed by atoms with Gasteiger partial charge >= 0.3 is 0 Å². The lowest BCUT2D eigenvalue weighted by Crippen LogP contribution is -2.40. The highest BCUT2D eigenvalue weighted by Crippen LogP contribution is 2.24. The largest absolute Gasteiger partial charge is 0.337 e. The van der Waals surface area contributed by atoms with Crippen molar-refractivity contribution in [2.24, 2.45) is 5.92 Å². The van der Waals surface area contributed by atoms with Gasteiger partial charge in [0, 0.05) is 43.7 Å². The summed E-state index contributed by atoms with van der Waals surface area (Å²) < 4.78 is 3.49. The first-order chi connectivity index (χ1) is 16.2. The van der Waals surface area contributed by atoms with Crippen LogP contribution in [0.3, 0.4) is 0 Å². The van der Waals surface area contributed by atoms with E-state index in [1.165, 1.54) is 16.8 Å². The number of carbonyl (C=O) groups excluding carboxylic acids is 1. The first kappa shape index (κ1) is 20.9. The van der Waals surface area contributed by atoms with Crippen LogP contribution >= 0.6 is 0 Å². The summed E-state index contributed by atoms with van der Waals surface area (Å²) in [6, 6.07) is 22.3. The molecular formula is C26H25N5O2. The Bertz CT molecular complexity index is 1290. The van der Waals surface area contributed by atoms with Crippen LogP contribution in [0, 0.1) is 5.92 Å². The van der Waals surface area contributed by atoms with Crippen LogP contribution in [0.1, 0.15) is 23.3 Å². The van der Waals surface area contributed by atoms with Gasteiger partial charge in [-0.3, -0.25) is 9.59 Å². The molecule has 0 N–H and O–H groups in total. The normalized spacial score (nSPS) is 14.4. The molecule has 1 aliphatic rings. The molecule has 0 aliphatic carbocycles. The van der Waals surface area contributed by atoms with E-state index in [2.05, 4.69) is 26.8 Å². The zero-order valence-corrected chi connectivity index (χ0v) is 18.2. The number of hydrogen-bond donors (Lipinski definition) is 0. The first-order valence-corrected chi connectivity index (χ1v) is 11.2. The molecule has 7 heteroatoms. The van der Waals surface area contributed by atoms with E-state index in [0.29, 0.717) is 24.7 Å². The molecule has 0 spiro atoms. The maximum absolute atomic E-state index is 13.1. The number of carbonyl (C=O) groups is 1. The highest BCUT2D eigenvalue weighted by molar-refractivity contribution is 5.92. The van der Waals surface area contributed by atoms with Crippen LogP contribution < -0.4 is 5.56 Å². The van der Waals surface area contributed by atoms with Gasteiger partial charge in [0.1, 0.15) is 11.5 Å². The lowest BCUT2D eigenvalue weighted by Gasteiger charge is -2.32. The van der Waals surface area contributed by atoms with Gasteiger partial charge < -0.3 is 9.47 Å². The van der Waals surface area contributed by atoms with Gasteiger partial charge in [-0.2, -0.15) is 9.78 Å². The molecule has 33 heavy (non-hydrogen) atoms. The van der Waals surface area contributed by atoms with Crippen LogP contribution in [-0.2, 0) is 6.54 Å². The Labute approximate surface area is 191 Å².